The van der Waals surface area contributed by atoms with E-state index in [0.717, 1.165) is 25.0 Å². The third-order valence-corrected chi connectivity index (χ3v) is 9.60. The third-order valence-electron chi connectivity index (χ3n) is 8.75. The van der Waals surface area contributed by atoms with Gasteiger partial charge in [-0.25, -0.2) is 18.7 Å². The molecule has 0 spiro atoms. The first-order valence-electron chi connectivity index (χ1n) is 17.5. The first-order valence-corrected chi connectivity index (χ1v) is 19.2. The molecule has 3 amide bonds. The van der Waals surface area contributed by atoms with Crippen LogP contribution in [0, 0.1) is 0 Å². The number of ether oxygens (including phenoxy) is 3. The number of hydrogen-bond donors (Lipinski definition) is 4. The number of hydrogen-bond acceptors (Lipinski definition) is 10. The van der Waals surface area contributed by atoms with E-state index in [1.54, 1.807) is 74.0 Å². The van der Waals surface area contributed by atoms with E-state index in [1.165, 1.54) is 17.4 Å². The van der Waals surface area contributed by atoms with Gasteiger partial charge in [0.15, 0.2) is 0 Å². The Morgan fingerprint density at radius 3 is 2.51 bits per heavy atom. The predicted molar refractivity (Wildman–Crippen MR) is 212 cm³/mol. The molecule has 1 fully saturated rings. The van der Waals surface area contributed by atoms with Crippen LogP contribution < -0.4 is 36.2 Å². The van der Waals surface area contributed by atoms with Gasteiger partial charge in [-0.15, -0.1) is 0 Å². The summed E-state index contributed by atoms with van der Waals surface area (Å²) in [4.78, 5) is 37.3. The van der Waals surface area contributed by atoms with Gasteiger partial charge in [0, 0.05) is 66.5 Å². The number of carbonyl (C=O) groups is 2. The van der Waals surface area contributed by atoms with E-state index in [2.05, 4.69) is 41.2 Å². The number of methoxy groups -OCH3 is 1. The van der Waals surface area contributed by atoms with Gasteiger partial charge >= 0.3 is 6.03 Å². The summed E-state index contributed by atoms with van der Waals surface area (Å²) in [6.45, 7) is 5.90. The van der Waals surface area contributed by atoms with Crippen LogP contribution in [0.2, 0.25) is 0 Å². The van der Waals surface area contributed by atoms with Crippen molar-refractivity contribution in [2.24, 2.45) is 0 Å². The van der Waals surface area contributed by atoms with Gasteiger partial charge in [0.25, 0.3) is 5.91 Å². The fourth-order valence-electron chi connectivity index (χ4n) is 5.96. The molecule has 16 heteroatoms. The smallest absolute Gasteiger partial charge is 0.324 e. The Morgan fingerprint density at radius 2 is 1.73 bits per heavy atom. The minimum atomic E-state index is -2.01. The van der Waals surface area contributed by atoms with Crippen LogP contribution in [0.5, 0.6) is 17.4 Å². The Labute approximate surface area is 317 Å². The van der Waals surface area contributed by atoms with Crippen molar-refractivity contribution in [3.63, 3.8) is 0 Å². The van der Waals surface area contributed by atoms with Crippen LogP contribution in [0.1, 0.15) is 10.4 Å². The molecule has 0 aliphatic carbocycles. The summed E-state index contributed by atoms with van der Waals surface area (Å²) in [5.41, 5.74) is 2.54. The highest BCUT2D eigenvalue weighted by Crippen LogP contribution is 2.35. The van der Waals surface area contributed by atoms with Gasteiger partial charge in [0.2, 0.25) is 11.8 Å². The summed E-state index contributed by atoms with van der Waals surface area (Å²) < 4.78 is 32.7. The molecule has 0 radical (unpaired) electrons. The molecule has 7 rings (SSSR count). The number of benzene rings is 4. The molecule has 282 valence electrons. The van der Waals surface area contributed by atoms with Gasteiger partial charge in [0.1, 0.15) is 31.0 Å². The first kappa shape index (κ1) is 37.2. The van der Waals surface area contributed by atoms with Crippen molar-refractivity contribution in [2.75, 3.05) is 69.1 Å². The lowest BCUT2D eigenvalue weighted by molar-refractivity contribution is 0.0383. The monoisotopic (exact) mass is 763 g/mol. The number of nitrogens with one attached hydrogen (secondary N) is 4. The highest BCUT2D eigenvalue weighted by atomic mass is 31.2. The topological polar surface area (TPSA) is 157 Å². The fourth-order valence-corrected chi connectivity index (χ4v) is 6.47. The molecular weight excluding hydrogens is 724 g/mol. The van der Waals surface area contributed by atoms with Crippen molar-refractivity contribution in [3.05, 3.63) is 109 Å². The highest BCUT2D eigenvalue weighted by Gasteiger charge is 2.18. The number of nitrogens with zero attached hydrogens (tertiary/aromatic N) is 5. The summed E-state index contributed by atoms with van der Waals surface area (Å²) in [6.07, 6.45) is 1.57. The minimum Gasteiger partial charge on any atom is -0.497 e. The summed E-state index contributed by atoms with van der Waals surface area (Å²) in [7, 11) is -0.441. The van der Waals surface area contributed by atoms with E-state index in [4.69, 9.17) is 14.2 Å². The largest absolute Gasteiger partial charge is 0.497 e. The molecule has 6 aromatic rings. The Morgan fingerprint density at radius 1 is 0.927 bits per heavy atom. The molecule has 4 aromatic carbocycles. The average Bonchev–Trinajstić information content (AvgIpc) is 3.63. The molecule has 3 heterocycles. The van der Waals surface area contributed by atoms with E-state index < -0.39 is 14.3 Å². The first-order chi connectivity index (χ1) is 26.8. The highest BCUT2D eigenvalue weighted by molar-refractivity contribution is 7.59. The number of halogens is 1. The Hall–Kier alpha value is -6.15. The molecule has 1 aliphatic heterocycles. The fraction of sp³-hybridized carbons (Fsp3) is 0.205. The van der Waals surface area contributed by atoms with Crippen LogP contribution in [0.4, 0.5) is 32.1 Å². The standard InChI is InChI=1S/C39H39FN9O5P/c1-52-29-12-10-28(11-13-29)49-34(25-36(47-49)55(2)40)45-39(51)44-32-14-15-33(31-9-4-3-8-30(31)32)54-35-16-17-42-38(46-35)43-27-7-5-6-26(24-27)37(50)41-18-19-48-20-22-53-23-21-48/h3-17,24-25H,18-23H2,1-2H3,(H,41,50)(H,42,43,46)(H2,44,45,51). The number of carbonyl (C=O) groups excluding carboxylic acids is 2. The van der Waals surface area contributed by atoms with Crippen LogP contribution in [0.3, 0.4) is 0 Å². The second-order valence-corrected chi connectivity index (χ2v) is 13.9. The Kier molecular flexibility index (Phi) is 11.7. The third kappa shape index (κ3) is 9.33. The lowest BCUT2D eigenvalue weighted by atomic mass is 10.1. The minimum absolute atomic E-state index is 0.168. The summed E-state index contributed by atoms with van der Waals surface area (Å²) in [6, 6.07) is 27.7. The van der Waals surface area contributed by atoms with Crippen LogP contribution >= 0.6 is 8.23 Å². The molecule has 1 saturated heterocycles. The quantitative estimate of drug-likeness (QED) is 0.0936. The van der Waals surface area contributed by atoms with Crippen molar-refractivity contribution in [1.82, 2.24) is 30.0 Å². The van der Waals surface area contributed by atoms with E-state index in [1.807, 2.05) is 30.3 Å². The molecule has 2 aromatic heterocycles. The van der Waals surface area contributed by atoms with Gasteiger partial charge in [-0.1, -0.05) is 30.3 Å². The number of aromatic nitrogens is 4. The van der Waals surface area contributed by atoms with Crippen LogP contribution in [0.25, 0.3) is 16.5 Å². The maximum Gasteiger partial charge on any atom is 0.324 e. The van der Waals surface area contributed by atoms with Crippen molar-refractivity contribution in [3.8, 4) is 23.1 Å². The summed E-state index contributed by atoms with van der Waals surface area (Å²) in [5, 5.41) is 17.7. The van der Waals surface area contributed by atoms with Crippen LogP contribution in [0.15, 0.2) is 103 Å². The molecule has 1 atom stereocenters. The average molecular weight is 764 g/mol. The van der Waals surface area contributed by atoms with E-state index in [0.29, 0.717) is 65.1 Å². The van der Waals surface area contributed by atoms with Crippen molar-refractivity contribution < 1.29 is 28.0 Å². The zero-order valence-electron chi connectivity index (χ0n) is 30.2. The Balaban J connectivity index is 1.02. The van der Waals surface area contributed by atoms with E-state index >= 15 is 0 Å². The number of fused-ring (bicyclic) bond motifs is 1. The molecule has 55 heavy (non-hydrogen) atoms. The second-order valence-electron chi connectivity index (χ2n) is 12.4. The number of amides is 3. The van der Waals surface area contributed by atoms with Crippen molar-refractivity contribution in [2.45, 2.75) is 0 Å². The molecular formula is C39H39FN9O5P. The number of rotatable bonds is 13. The van der Waals surface area contributed by atoms with Gasteiger partial charge in [-0.05, 0) is 61.3 Å². The van der Waals surface area contributed by atoms with Crippen LogP contribution in [-0.4, -0.2) is 89.8 Å². The molecule has 4 N–H and O–H groups in total. The maximum absolute atomic E-state index is 14.4. The summed E-state index contributed by atoms with van der Waals surface area (Å²) in [5.74, 6) is 1.85. The second kappa shape index (κ2) is 17.3. The van der Waals surface area contributed by atoms with Gasteiger partial charge in [-0.2, -0.15) is 10.1 Å². The number of anilines is 4. The van der Waals surface area contributed by atoms with Gasteiger partial charge < -0.3 is 30.2 Å². The number of morpholine rings is 1. The lowest BCUT2D eigenvalue weighted by Gasteiger charge is -2.26. The van der Waals surface area contributed by atoms with Crippen molar-refractivity contribution in [1.29, 1.82) is 0 Å². The molecule has 14 nitrogen and oxygen atoms in total. The molecule has 1 aliphatic rings. The zero-order chi connectivity index (χ0) is 38.1. The molecule has 0 bridgehead atoms. The van der Waals surface area contributed by atoms with Crippen LogP contribution in [-0.2, 0) is 4.74 Å². The number of urea groups is 1. The zero-order valence-corrected chi connectivity index (χ0v) is 31.1. The van der Waals surface area contributed by atoms with Gasteiger partial charge in [-0.3, -0.25) is 15.0 Å². The maximum atomic E-state index is 14.4. The summed E-state index contributed by atoms with van der Waals surface area (Å²) >= 11 is 0. The normalized spacial score (nSPS) is 13.5. The van der Waals surface area contributed by atoms with Gasteiger partial charge in [0.05, 0.1) is 31.7 Å². The van der Waals surface area contributed by atoms with E-state index in [-0.39, 0.29) is 23.2 Å². The Bertz CT molecular complexity index is 2280. The lowest BCUT2D eigenvalue weighted by Crippen LogP contribution is -2.41. The van der Waals surface area contributed by atoms with E-state index in [9.17, 15) is 13.8 Å². The van der Waals surface area contributed by atoms with Crippen molar-refractivity contribution >= 4 is 59.5 Å². The molecule has 1 unspecified atom stereocenters. The predicted octanol–water partition coefficient (Wildman–Crippen LogP) is 6.69. The molecule has 0 saturated carbocycles. The SMILES string of the molecule is COc1ccc(-n2nc(P(C)F)cc2NC(=O)Nc2ccc(Oc3ccnc(Nc4cccc(C(=O)NCCN5CCOCC5)c4)n3)c3ccccc23)cc1.